The van der Waals surface area contributed by atoms with Crippen LogP contribution >= 0.6 is 0 Å². The van der Waals surface area contributed by atoms with Crippen LogP contribution in [0.3, 0.4) is 0 Å². The van der Waals surface area contributed by atoms with Crippen molar-refractivity contribution in [2.75, 3.05) is 4.90 Å². The van der Waals surface area contributed by atoms with Crippen molar-refractivity contribution in [3.63, 3.8) is 0 Å². The molecule has 2 aromatic heterocycles. The van der Waals surface area contributed by atoms with E-state index in [4.69, 9.17) is 4.74 Å². The fourth-order valence-corrected chi connectivity index (χ4v) is 4.13. The third-order valence-corrected chi connectivity index (χ3v) is 5.94. The molecule has 35 heavy (non-hydrogen) atoms. The zero-order chi connectivity index (χ0) is 25.3. The van der Waals surface area contributed by atoms with E-state index in [-0.39, 0.29) is 11.9 Å². The van der Waals surface area contributed by atoms with Crippen molar-refractivity contribution in [1.29, 1.82) is 0 Å². The lowest BCUT2D eigenvalue weighted by molar-refractivity contribution is -0.135. The molecule has 3 heterocycles. The Morgan fingerprint density at radius 2 is 1.66 bits per heavy atom. The lowest BCUT2D eigenvalue weighted by Gasteiger charge is -2.26. The Bertz CT molecular complexity index is 1240. The molecule has 0 saturated carbocycles. The standard InChI is InChI=1S/C27H28N4O4/c1-15(2)18-7-9-19(10-8-18)25(32)23-24(20-11-13-22(28-14-20)35-16(3)4)31(27(34)26(23)33)21-12-6-17(5)29-30-21/h6-16,23-24H,1-5H3. The summed E-state index contributed by atoms with van der Waals surface area (Å²) < 4.78 is 5.62. The van der Waals surface area contributed by atoms with Gasteiger partial charge in [-0.05, 0) is 56.0 Å². The third kappa shape index (κ3) is 4.82. The Hall–Kier alpha value is -3.94. The summed E-state index contributed by atoms with van der Waals surface area (Å²) in [6.07, 6.45) is 1.47. The number of carbonyl (C=O) groups excluding carboxylic acids is 3. The van der Waals surface area contributed by atoms with Gasteiger partial charge in [-0.25, -0.2) is 4.98 Å². The normalized spacial score (nSPS) is 18.0. The number of hydrogen-bond acceptors (Lipinski definition) is 7. The molecule has 4 rings (SSSR count). The topological polar surface area (TPSA) is 102 Å². The van der Waals surface area contributed by atoms with Gasteiger partial charge in [-0.15, -0.1) is 5.10 Å². The van der Waals surface area contributed by atoms with Gasteiger partial charge in [-0.1, -0.05) is 38.1 Å². The number of ether oxygens (including phenoxy) is 1. The van der Waals surface area contributed by atoms with Crippen LogP contribution in [-0.4, -0.2) is 38.8 Å². The first-order chi connectivity index (χ1) is 16.7. The summed E-state index contributed by atoms with van der Waals surface area (Å²) in [7, 11) is 0. The maximum absolute atomic E-state index is 13.6. The first-order valence-electron chi connectivity index (χ1n) is 11.6. The maximum Gasteiger partial charge on any atom is 0.297 e. The molecule has 0 spiro atoms. The summed E-state index contributed by atoms with van der Waals surface area (Å²) in [5.41, 5.74) is 2.64. The quantitative estimate of drug-likeness (QED) is 0.288. The van der Waals surface area contributed by atoms with Gasteiger partial charge in [0.05, 0.1) is 17.8 Å². The number of nitrogens with zero attached hydrogens (tertiary/aromatic N) is 4. The molecule has 1 aromatic carbocycles. The highest BCUT2D eigenvalue weighted by molar-refractivity contribution is 6.48. The van der Waals surface area contributed by atoms with Crippen LogP contribution in [0.2, 0.25) is 0 Å². The van der Waals surface area contributed by atoms with E-state index < -0.39 is 29.4 Å². The Balaban J connectivity index is 1.78. The Labute approximate surface area is 204 Å². The molecule has 8 heteroatoms. The number of aryl methyl sites for hydroxylation is 1. The number of aromatic nitrogens is 3. The average Bonchev–Trinajstić information content (AvgIpc) is 3.10. The van der Waals surface area contributed by atoms with Crippen LogP contribution in [-0.2, 0) is 9.59 Å². The minimum absolute atomic E-state index is 0.0644. The summed E-state index contributed by atoms with van der Waals surface area (Å²) in [6, 6.07) is 13.0. The van der Waals surface area contributed by atoms with Crippen LogP contribution in [0.5, 0.6) is 5.88 Å². The monoisotopic (exact) mass is 472 g/mol. The highest BCUT2D eigenvalue weighted by atomic mass is 16.5. The highest BCUT2D eigenvalue weighted by Gasteiger charge is 2.53. The summed E-state index contributed by atoms with van der Waals surface area (Å²) in [5.74, 6) is -2.33. The van der Waals surface area contributed by atoms with Crippen molar-refractivity contribution >= 4 is 23.3 Å². The Morgan fingerprint density at radius 1 is 0.943 bits per heavy atom. The van der Waals surface area contributed by atoms with Gasteiger partial charge in [0.25, 0.3) is 5.91 Å². The van der Waals surface area contributed by atoms with Crippen LogP contribution in [0.15, 0.2) is 54.7 Å². The fraction of sp³-hybridized carbons (Fsp3) is 0.333. The van der Waals surface area contributed by atoms with Gasteiger partial charge in [-0.2, -0.15) is 5.10 Å². The van der Waals surface area contributed by atoms with E-state index in [9.17, 15) is 14.4 Å². The van der Waals surface area contributed by atoms with Gasteiger partial charge in [0, 0.05) is 17.8 Å². The predicted molar refractivity (Wildman–Crippen MR) is 130 cm³/mol. The number of benzene rings is 1. The van der Waals surface area contributed by atoms with E-state index in [0.717, 1.165) is 5.56 Å². The second-order valence-corrected chi connectivity index (χ2v) is 9.23. The Morgan fingerprint density at radius 3 is 2.20 bits per heavy atom. The second kappa shape index (κ2) is 9.74. The van der Waals surface area contributed by atoms with Gasteiger partial charge >= 0.3 is 0 Å². The molecule has 1 aliphatic rings. The first kappa shape index (κ1) is 24.2. The van der Waals surface area contributed by atoms with Gasteiger partial charge in [0.2, 0.25) is 11.7 Å². The van der Waals surface area contributed by atoms with E-state index in [1.165, 1.54) is 11.1 Å². The molecule has 0 radical (unpaired) electrons. The number of Topliss-reactive ketones (excluding diaryl/α,β-unsaturated/α-hetero) is 2. The average molecular weight is 473 g/mol. The fourth-order valence-electron chi connectivity index (χ4n) is 4.13. The van der Waals surface area contributed by atoms with E-state index in [1.54, 1.807) is 43.3 Å². The minimum Gasteiger partial charge on any atom is -0.475 e. The summed E-state index contributed by atoms with van der Waals surface area (Å²) in [4.78, 5) is 45.6. The van der Waals surface area contributed by atoms with Crippen molar-refractivity contribution < 1.29 is 19.1 Å². The molecule has 1 aliphatic heterocycles. The number of carbonyl (C=O) groups is 3. The molecule has 0 bridgehead atoms. The molecule has 180 valence electrons. The van der Waals surface area contributed by atoms with Crippen molar-refractivity contribution in [2.45, 2.75) is 52.7 Å². The molecule has 2 atom stereocenters. The van der Waals surface area contributed by atoms with E-state index in [0.29, 0.717) is 28.6 Å². The second-order valence-electron chi connectivity index (χ2n) is 9.23. The van der Waals surface area contributed by atoms with Crippen LogP contribution in [0.4, 0.5) is 5.82 Å². The molecule has 3 aromatic rings. The molecular weight excluding hydrogens is 444 g/mol. The molecule has 0 aliphatic carbocycles. The van der Waals surface area contributed by atoms with Crippen LogP contribution in [0.25, 0.3) is 0 Å². The number of rotatable bonds is 7. The van der Waals surface area contributed by atoms with E-state index >= 15 is 0 Å². The molecule has 2 unspecified atom stereocenters. The van der Waals surface area contributed by atoms with Crippen LogP contribution in [0.1, 0.15) is 66.8 Å². The molecule has 1 saturated heterocycles. The number of hydrogen-bond donors (Lipinski definition) is 0. The van der Waals surface area contributed by atoms with Crippen molar-refractivity contribution in [2.24, 2.45) is 5.92 Å². The number of amides is 1. The largest absolute Gasteiger partial charge is 0.475 e. The predicted octanol–water partition coefficient (Wildman–Crippen LogP) is 4.25. The minimum atomic E-state index is -1.24. The van der Waals surface area contributed by atoms with Crippen molar-refractivity contribution in [3.05, 3.63) is 77.1 Å². The van der Waals surface area contributed by atoms with Gasteiger partial charge in [0.1, 0.15) is 5.92 Å². The van der Waals surface area contributed by atoms with Crippen molar-refractivity contribution in [1.82, 2.24) is 15.2 Å². The van der Waals surface area contributed by atoms with E-state index in [1.807, 2.05) is 26.0 Å². The molecular formula is C27H28N4O4. The summed E-state index contributed by atoms with van der Waals surface area (Å²) >= 11 is 0. The summed E-state index contributed by atoms with van der Waals surface area (Å²) in [6.45, 7) is 9.68. The number of pyridine rings is 1. The van der Waals surface area contributed by atoms with Gasteiger partial charge in [-0.3, -0.25) is 19.3 Å². The molecule has 1 fully saturated rings. The number of anilines is 1. The van der Waals surface area contributed by atoms with Gasteiger partial charge in [0.15, 0.2) is 11.6 Å². The van der Waals surface area contributed by atoms with Crippen LogP contribution in [0, 0.1) is 12.8 Å². The lowest BCUT2D eigenvalue weighted by Crippen LogP contribution is -2.31. The number of ketones is 2. The molecule has 1 amide bonds. The molecule has 0 N–H and O–H groups in total. The Kier molecular flexibility index (Phi) is 6.73. The first-order valence-corrected chi connectivity index (χ1v) is 11.6. The zero-order valence-corrected chi connectivity index (χ0v) is 20.4. The SMILES string of the molecule is Cc1ccc(N2C(=O)C(=O)C(C(=O)c3ccc(C(C)C)cc3)C2c2ccc(OC(C)C)nc2)nn1. The smallest absolute Gasteiger partial charge is 0.297 e. The highest BCUT2D eigenvalue weighted by Crippen LogP contribution is 2.40. The molecule has 8 nitrogen and oxygen atoms in total. The lowest BCUT2D eigenvalue weighted by atomic mass is 9.86. The van der Waals surface area contributed by atoms with Crippen molar-refractivity contribution in [3.8, 4) is 5.88 Å². The summed E-state index contributed by atoms with van der Waals surface area (Å²) in [5, 5.41) is 8.16. The third-order valence-electron chi connectivity index (χ3n) is 5.94. The van der Waals surface area contributed by atoms with E-state index in [2.05, 4.69) is 29.0 Å². The maximum atomic E-state index is 13.6. The van der Waals surface area contributed by atoms with Gasteiger partial charge < -0.3 is 4.74 Å². The van der Waals surface area contributed by atoms with Crippen LogP contribution < -0.4 is 9.64 Å². The zero-order valence-electron chi connectivity index (χ0n) is 20.4.